The molecule has 120 valence electrons. The zero-order chi connectivity index (χ0) is 16.6. The number of carbonyl (C=O) groups is 1. The van der Waals surface area contributed by atoms with E-state index in [9.17, 15) is 4.79 Å². The number of carbonyl (C=O) groups excluding carboxylic acids is 1. The van der Waals surface area contributed by atoms with Crippen molar-refractivity contribution in [1.82, 2.24) is 19.9 Å². The van der Waals surface area contributed by atoms with Crippen LogP contribution in [0.15, 0.2) is 23.1 Å². The van der Waals surface area contributed by atoms with Crippen molar-refractivity contribution in [1.29, 1.82) is 0 Å². The molecule has 0 radical (unpaired) electrons. The third kappa shape index (κ3) is 3.22. The summed E-state index contributed by atoms with van der Waals surface area (Å²) < 4.78 is 1.79. The lowest BCUT2D eigenvalue weighted by Crippen LogP contribution is -2.24. The van der Waals surface area contributed by atoms with Crippen molar-refractivity contribution >= 4 is 45.6 Å². The minimum Gasteiger partial charge on any atom is -0.346 e. The van der Waals surface area contributed by atoms with Gasteiger partial charge in [-0.1, -0.05) is 22.9 Å². The van der Waals surface area contributed by atoms with Gasteiger partial charge in [-0.15, -0.1) is 11.8 Å². The molecule has 8 heteroatoms. The Kier molecular flexibility index (Phi) is 4.61. The monoisotopic (exact) mass is 366 g/mol. The van der Waals surface area contributed by atoms with Crippen LogP contribution in [0.25, 0.3) is 4.96 Å². The Morgan fingerprint density at radius 2 is 2.22 bits per heavy atom. The number of hydrogen-bond acceptors (Lipinski definition) is 5. The van der Waals surface area contributed by atoms with Crippen LogP contribution in [0.4, 0.5) is 0 Å². The Morgan fingerprint density at radius 1 is 1.43 bits per heavy atom. The molecule has 5 nitrogen and oxygen atoms in total. The van der Waals surface area contributed by atoms with Gasteiger partial charge in [0.15, 0.2) is 0 Å². The van der Waals surface area contributed by atoms with E-state index in [1.807, 2.05) is 26.2 Å². The summed E-state index contributed by atoms with van der Waals surface area (Å²) in [6.45, 7) is 4.21. The number of rotatable bonds is 4. The van der Waals surface area contributed by atoms with Crippen molar-refractivity contribution < 1.29 is 4.79 Å². The van der Waals surface area contributed by atoms with Gasteiger partial charge in [0.25, 0.3) is 5.91 Å². The summed E-state index contributed by atoms with van der Waals surface area (Å²) in [5.41, 5.74) is 2.23. The van der Waals surface area contributed by atoms with Crippen molar-refractivity contribution in [3.8, 4) is 0 Å². The zero-order valence-electron chi connectivity index (χ0n) is 12.9. The van der Waals surface area contributed by atoms with E-state index in [2.05, 4.69) is 15.4 Å². The first-order valence-corrected chi connectivity index (χ1v) is 9.35. The molecule has 0 spiro atoms. The van der Waals surface area contributed by atoms with Crippen LogP contribution in [0.5, 0.6) is 0 Å². The fraction of sp³-hybridized carbons (Fsp3) is 0.267. The van der Waals surface area contributed by atoms with Crippen molar-refractivity contribution in [2.45, 2.75) is 25.3 Å². The molecule has 0 saturated heterocycles. The lowest BCUT2D eigenvalue weighted by Gasteiger charge is -2.08. The van der Waals surface area contributed by atoms with E-state index in [1.54, 1.807) is 28.4 Å². The maximum Gasteiger partial charge on any atom is 0.253 e. The number of aromatic nitrogens is 3. The SMILES string of the molecule is CSc1ccc(Cl)c(C(=O)NCc2c(C)nc3sc(C)nn23)c1. The van der Waals surface area contributed by atoms with Gasteiger partial charge in [-0.05, 0) is 38.3 Å². The van der Waals surface area contributed by atoms with Crippen LogP contribution in [0.3, 0.4) is 0 Å². The Labute approximate surface area is 147 Å². The summed E-state index contributed by atoms with van der Waals surface area (Å²) in [5, 5.41) is 8.71. The molecule has 0 atom stereocenters. The molecule has 0 aliphatic rings. The summed E-state index contributed by atoms with van der Waals surface area (Å²) in [6.07, 6.45) is 1.96. The van der Waals surface area contributed by atoms with E-state index in [4.69, 9.17) is 11.6 Å². The minimum absolute atomic E-state index is 0.202. The minimum atomic E-state index is -0.202. The van der Waals surface area contributed by atoms with Crippen LogP contribution in [-0.4, -0.2) is 26.8 Å². The van der Waals surface area contributed by atoms with Gasteiger partial charge in [0.2, 0.25) is 4.96 Å². The average Bonchev–Trinajstić information content (AvgIpc) is 3.00. The molecular weight excluding hydrogens is 352 g/mol. The van der Waals surface area contributed by atoms with E-state index in [0.29, 0.717) is 17.1 Å². The second-order valence-corrected chi connectivity index (χ2v) is 7.43. The molecule has 1 N–H and O–H groups in total. The molecule has 0 fully saturated rings. The molecule has 23 heavy (non-hydrogen) atoms. The Hall–Kier alpha value is -1.57. The predicted molar refractivity (Wildman–Crippen MR) is 94.7 cm³/mol. The number of nitrogens with zero attached hydrogens (tertiary/aromatic N) is 3. The number of nitrogens with one attached hydrogen (secondary N) is 1. The fourth-order valence-corrected chi connectivity index (χ4v) is 3.70. The van der Waals surface area contributed by atoms with E-state index in [1.165, 1.54) is 11.3 Å². The van der Waals surface area contributed by atoms with Crippen molar-refractivity contribution in [3.63, 3.8) is 0 Å². The van der Waals surface area contributed by atoms with Gasteiger partial charge in [0, 0.05) is 4.90 Å². The highest BCUT2D eigenvalue weighted by molar-refractivity contribution is 7.98. The van der Waals surface area contributed by atoms with Crippen LogP contribution in [0.1, 0.15) is 26.8 Å². The van der Waals surface area contributed by atoms with Crippen LogP contribution in [0, 0.1) is 13.8 Å². The lowest BCUT2D eigenvalue weighted by molar-refractivity contribution is 0.0950. The van der Waals surface area contributed by atoms with Gasteiger partial charge in [-0.3, -0.25) is 4.79 Å². The van der Waals surface area contributed by atoms with Crippen LogP contribution >= 0.6 is 34.7 Å². The highest BCUT2D eigenvalue weighted by atomic mass is 35.5. The number of aryl methyl sites for hydroxylation is 2. The first kappa shape index (κ1) is 16.3. The highest BCUT2D eigenvalue weighted by Crippen LogP contribution is 2.23. The number of fused-ring (bicyclic) bond motifs is 1. The maximum absolute atomic E-state index is 12.4. The summed E-state index contributed by atoms with van der Waals surface area (Å²) in [6, 6.07) is 5.44. The molecule has 2 aromatic heterocycles. The Bertz CT molecular complexity index is 887. The van der Waals surface area contributed by atoms with Gasteiger partial charge in [-0.2, -0.15) is 5.10 Å². The molecule has 0 saturated carbocycles. The average molecular weight is 367 g/mol. The van der Waals surface area contributed by atoms with Gasteiger partial charge >= 0.3 is 0 Å². The molecule has 1 amide bonds. The normalized spacial score (nSPS) is 11.1. The Morgan fingerprint density at radius 3 is 2.96 bits per heavy atom. The molecule has 3 aromatic rings. The number of imidazole rings is 1. The van der Waals surface area contributed by atoms with E-state index in [0.717, 1.165) is 26.3 Å². The van der Waals surface area contributed by atoms with E-state index < -0.39 is 0 Å². The molecule has 2 heterocycles. The maximum atomic E-state index is 12.4. The standard InChI is InChI=1S/C15H15ClN4OS2/c1-8-13(20-15(18-8)23-9(2)19-20)7-17-14(21)11-6-10(22-3)4-5-12(11)16/h4-6H,7H2,1-3H3,(H,17,21). The number of benzene rings is 1. The zero-order valence-corrected chi connectivity index (χ0v) is 15.3. The summed E-state index contributed by atoms with van der Waals surface area (Å²) in [5.74, 6) is -0.202. The smallest absolute Gasteiger partial charge is 0.253 e. The summed E-state index contributed by atoms with van der Waals surface area (Å²) in [4.78, 5) is 18.7. The third-order valence-electron chi connectivity index (χ3n) is 3.43. The van der Waals surface area contributed by atoms with E-state index >= 15 is 0 Å². The highest BCUT2D eigenvalue weighted by Gasteiger charge is 2.15. The predicted octanol–water partition coefficient (Wildman–Crippen LogP) is 3.71. The van der Waals surface area contributed by atoms with Crippen LogP contribution < -0.4 is 5.32 Å². The molecule has 1 aromatic carbocycles. The van der Waals surface area contributed by atoms with Gasteiger partial charge < -0.3 is 5.32 Å². The molecule has 0 aliphatic carbocycles. The van der Waals surface area contributed by atoms with Crippen LogP contribution in [0.2, 0.25) is 5.02 Å². The number of thioether (sulfide) groups is 1. The van der Waals surface area contributed by atoms with Crippen molar-refractivity contribution in [2.75, 3.05) is 6.26 Å². The number of amides is 1. The largest absolute Gasteiger partial charge is 0.346 e. The van der Waals surface area contributed by atoms with Gasteiger partial charge in [0.1, 0.15) is 5.01 Å². The first-order valence-electron chi connectivity index (χ1n) is 6.93. The van der Waals surface area contributed by atoms with E-state index in [-0.39, 0.29) is 5.91 Å². The number of hydrogen-bond donors (Lipinski definition) is 1. The lowest BCUT2D eigenvalue weighted by atomic mass is 10.2. The van der Waals surface area contributed by atoms with Crippen LogP contribution in [-0.2, 0) is 6.54 Å². The van der Waals surface area contributed by atoms with Gasteiger partial charge in [0.05, 0.1) is 28.5 Å². The number of halogens is 1. The third-order valence-corrected chi connectivity index (χ3v) is 5.31. The van der Waals surface area contributed by atoms with Crippen molar-refractivity contribution in [2.24, 2.45) is 0 Å². The summed E-state index contributed by atoms with van der Waals surface area (Å²) >= 11 is 9.24. The summed E-state index contributed by atoms with van der Waals surface area (Å²) in [7, 11) is 0. The topological polar surface area (TPSA) is 59.3 Å². The molecule has 0 bridgehead atoms. The fourth-order valence-electron chi connectivity index (χ4n) is 2.25. The second kappa shape index (κ2) is 6.51. The quantitative estimate of drug-likeness (QED) is 0.715. The molecule has 3 rings (SSSR count). The van der Waals surface area contributed by atoms with Crippen molar-refractivity contribution in [3.05, 3.63) is 45.2 Å². The molecular formula is C15H15ClN4OS2. The molecule has 0 unspecified atom stereocenters. The Balaban J connectivity index is 1.82. The first-order chi connectivity index (χ1) is 11.0. The second-order valence-electron chi connectivity index (χ2n) is 4.99. The van der Waals surface area contributed by atoms with Gasteiger partial charge in [-0.25, -0.2) is 9.50 Å². The molecule has 0 aliphatic heterocycles.